The van der Waals surface area contributed by atoms with Crippen LogP contribution in [0.1, 0.15) is 57.1 Å². The minimum atomic E-state index is -5.01. The first-order valence-corrected chi connectivity index (χ1v) is 13.8. The van der Waals surface area contributed by atoms with Crippen LogP contribution >= 0.6 is 11.6 Å². The van der Waals surface area contributed by atoms with E-state index in [4.69, 9.17) is 21.1 Å². The summed E-state index contributed by atoms with van der Waals surface area (Å²) < 4.78 is 54.5. The van der Waals surface area contributed by atoms with Gasteiger partial charge in [-0.05, 0) is 63.1 Å². The fourth-order valence-corrected chi connectivity index (χ4v) is 6.28. The summed E-state index contributed by atoms with van der Waals surface area (Å²) in [6.45, 7) is 6.64. The molecule has 0 bridgehead atoms. The third-order valence-electron chi connectivity index (χ3n) is 8.16. The molecule has 2 heterocycles. The van der Waals surface area contributed by atoms with Crippen molar-refractivity contribution in [3.63, 3.8) is 0 Å². The van der Waals surface area contributed by atoms with Crippen molar-refractivity contribution >= 4 is 23.6 Å². The zero-order valence-electron chi connectivity index (χ0n) is 23.3. The van der Waals surface area contributed by atoms with Gasteiger partial charge in [-0.2, -0.15) is 13.2 Å². The summed E-state index contributed by atoms with van der Waals surface area (Å²) >= 11 is 6.00. The number of piperidine rings is 2. The summed E-state index contributed by atoms with van der Waals surface area (Å²) in [6.07, 6.45) is -3.75. The van der Waals surface area contributed by atoms with Crippen molar-refractivity contribution in [3.05, 3.63) is 70.7 Å². The van der Waals surface area contributed by atoms with Crippen LogP contribution in [0, 0.1) is 5.41 Å². The Morgan fingerprint density at radius 3 is 2.05 bits per heavy atom. The number of hydrogen-bond acceptors (Lipinski definition) is 4. The first-order chi connectivity index (χ1) is 18.7. The van der Waals surface area contributed by atoms with E-state index in [1.54, 1.807) is 4.90 Å². The topological polar surface area (TPSA) is 59.1 Å². The lowest BCUT2D eigenvalue weighted by atomic mass is 9.62. The molecule has 2 aromatic carbocycles. The Morgan fingerprint density at radius 1 is 0.925 bits per heavy atom. The molecule has 2 aliphatic heterocycles. The molecule has 1 spiro atoms. The molecule has 2 amide bonds. The Hall–Kier alpha value is -2.78. The van der Waals surface area contributed by atoms with Crippen LogP contribution in [0.25, 0.3) is 0 Å². The monoisotopic (exact) mass is 580 g/mol. The van der Waals surface area contributed by atoms with Gasteiger partial charge >= 0.3 is 12.3 Å². The zero-order chi connectivity index (χ0) is 29.3. The summed E-state index contributed by atoms with van der Waals surface area (Å²) in [7, 11) is 0.898. The van der Waals surface area contributed by atoms with Gasteiger partial charge in [0.1, 0.15) is 5.60 Å². The van der Waals surface area contributed by atoms with Crippen LogP contribution in [0.15, 0.2) is 54.6 Å². The summed E-state index contributed by atoms with van der Waals surface area (Å²) in [4.78, 5) is 29.6. The van der Waals surface area contributed by atoms with Crippen LogP contribution in [0.5, 0.6) is 0 Å². The van der Waals surface area contributed by atoms with E-state index in [1.165, 1.54) is 23.1 Å². The van der Waals surface area contributed by atoms with Gasteiger partial charge in [0.2, 0.25) is 0 Å². The van der Waals surface area contributed by atoms with Gasteiger partial charge in [0, 0.05) is 49.8 Å². The average Bonchev–Trinajstić information content (AvgIpc) is 2.89. The average molecular weight is 581 g/mol. The Balaban J connectivity index is 1.60. The highest BCUT2D eigenvalue weighted by molar-refractivity contribution is 6.30. The van der Waals surface area contributed by atoms with Gasteiger partial charge in [-0.1, -0.05) is 54.1 Å². The number of amides is 2. The van der Waals surface area contributed by atoms with Crippen LogP contribution in [0.3, 0.4) is 0 Å². The van der Waals surface area contributed by atoms with Crippen LogP contribution in [0.2, 0.25) is 5.02 Å². The zero-order valence-corrected chi connectivity index (χ0v) is 24.0. The van der Waals surface area contributed by atoms with Crippen molar-refractivity contribution in [2.45, 2.75) is 63.3 Å². The van der Waals surface area contributed by atoms with E-state index in [-0.39, 0.29) is 41.1 Å². The number of methoxy groups -OCH3 is 1. The van der Waals surface area contributed by atoms with E-state index in [1.807, 2.05) is 51.1 Å². The van der Waals surface area contributed by atoms with Gasteiger partial charge in [-0.25, -0.2) is 4.79 Å². The van der Waals surface area contributed by atoms with Gasteiger partial charge in [0.25, 0.3) is 11.5 Å². The van der Waals surface area contributed by atoms with Crippen LogP contribution in [-0.2, 0) is 19.9 Å². The van der Waals surface area contributed by atoms with Gasteiger partial charge < -0.3 is 19.3 Å². The Kier molecular flexibility index (Phi) is 8.48. The summed E-state index contributed by atoms with van der Waals surface area (Å²) in [5.74, 6) is -1.21. The maximum absolute atomic E-state index is 14.6. The number of rotatable bonds is 4. The number of ether oxygens (including phenoxy) is 2. The second-order valence-corrected chi connectivity index (χ2v) is 12.1. The standard InChI is InChI=1S/C30H36ClF3N2O4/c1-27(2,3)40-26(38)36-18-15-28(24(20-36)21-9-6-5-7-10-21)13-16-35(17-14-28)25(37)29(39-4,30(32,33)34)22-11-8-12-23(31)19-22/h5-12,19,24H,13-18,20H2,1-4H3. The summed E-state index contributed by atoms with van der Waals surface area (Å²) in [5.41, 5.74) is -3.39. The lowest BCUT2D eigenvalue weighted by Crippen LogP contribution is -2.60. The van der Waals surface area contributed by atoms with E-state index in [0.29, 0.717) is 32.4 Å². The molecule has 6 nitrogen and oxygen atoms in total. The van der Waals surface area contributed by atoms with Crippen LogP contribution in [0.4, 0.5) is 18.0 Å². The normalized spacial score (nSPS) is 21.1. The first kappa shape index (κ1) is 30.2. The van der Waals surface area contributed by atoms with Gasteiger partial charge in [-0.15, -0.1) is 0 Å². The molecule has 2 saturated heterocycles. The maximum Gasteiger partial charge on any atom is 0.430 e. The number of halogens is 4. The highest BCUT2D eigenvalue weighted by Gasteiger charge is 2.64. The fraction of sp³-hybridized carbons (Fsp3) is 0.533. The van der Waals surface area contributed by atoms with Crippen molar-refractivity contribution in [1.82, 2.24) is 9.80 Å². The molecule has 10 heteroatoms. The second-order valence-electron chi connectivity index (χ2n) is 11.7. The molecule has 2 aromatic rings. The molecule has 0 radical (unpaired) electrons. The molecule has 0 aromatic heterocycles. The predicted octanol–water partition coefficient (Wildman–Crippen LogP) is 6.78. The van der Waals surface area contributed by atoms with Crippen molar-refractivity contribution in [3.8, 4) is 0 Å². The van der Waals surface area contributed by atoms with E-state index in [9.17, 15) is 22.8 Å². The number of alkyl halides is 3. The quantitative estimate of drug-likeness (QED) is 0.400. The first-order valence-electron chi connectivity index (χ1n) is 13.4. The molecule has 4 rings (SSSR count). The molecule has 2 fully saturated rings. The molecule has 0 N–H and O–H groups in total. The van der Waals surface area contributed by atoms with Crippen LogP contribution < -0.4 is 0 Å². The van der Waals surface area contributed by atoms with Crippen LogP contribution in [-0.4, -0.2) is 66.9 Å². The van der Waals surface area contributed by atoms with Crippen molar-refractivity contribution < 1.29 is 32.2 Å². The maximum atomic E-state index is 14.6. The lowest BCUT2D eigenvalue weighted by Gasteiger charge is -2.52. The lowest BCUT2D eigenvalue weighted by molar-refractivity contribution is -0.271. The molecular formula is C30H36ClF3N2O4. The minimum Gasteiger partial charge on any atom is -0.444 e. The highest BCUT2D eigenvalue weighted by atomic mass is 35.5. The second kappa shape index (κ2) is 11.2. The Bertz CT molecular complexity index is 1210. The van der Waals surface area contributed by atoms with Crippen molar-refractivity contribution in [2.75, 3.05) is 33.3 Å². The third-order valence-corrected chi connectivity index (χ3v) is 8.39. The van der Waals surface area contributed by atoms with Gasteiger partial charge in [-0.3, -0.25) is 4.79 Å². The predicted molar refractivity (Wildman–Crippen MR) is 146 cm³/mol. The van der Waals surface area contributed by atoms with Crippen molar-refractivity contribution in [2.24, 2.45) is 5.41 Å². The van der Waals surface area contributed by atoms with Gasteiger partial charge in [0.15, 0.2) is 0 Å². The van der Waals surface area contributed by atoms with Crippen molar-refractivity contribution in [1.29, 1.82) is 0 Å². The molecule has 218 valence electrons. The number of likely N-dealkylation sites (tertiary alicyclic amines) is 2. The smallest absolute Gasteiger partial charge is 0.430 e. The molecule has 0 saturated carbocycles. The van der Waals surface area contributed by atoms with E-state index >= 15 is 0 Å². The number of benzene rings is 2. The molecule has 0 aliphatic carbocycles. The molecule has 2 atom stereocenters. The number of carbonyl (C=O) groups excluding carboxylic acids is 2. The minimum absolute atomic E-state index is 0.0602. The summed E-state index contributed by atoms with van der Waals surface area (Å²) in [5, 5.41) is 0.0797. The van der Waals surface area contributed by atoms with E-state index in [0.717, 1.165) is 18.7 Å². The third kappa shape index (κ3) is 5.81. The molecular weight excluding hydrogens is 545 g/mol. The molecule has 2 unspecified atom stereocenters. The van der Waals surface area contributed by atoms with E-state index in [2.05, 4.69) is 0 Å². The SMILES string of the molecule is COC(C(=O)N1CCC2(CCN(C(=O)OC(C)(C)C)CC2c2ccccc2)CC1)(c1cccc(Cl)c1)C(F)(F)F. The Labute approximate surface area is 238 Å². The number of hydrogen-bond donors (Lipinski definition) is 0. The van der Waals surface area contributed by atoms with E-state index < -0.39 is 23.3 Å². The van der Waals surface area contributed by atoms with Gasteiger partial charge in [0.05, 0.1) is 0 Å². The number of nitrogens with zero attached hydrogens (tertiary/aromatic N) is 2. The highest BCUT2D eigenvalue weighted by Crippen LogP contribution is 2.51. The fourth-order valence-electron chi connectivity index (χ4n) is 6.09. The molecule has 2 aliphatic rings. The molecule has 40 heavy (non-hydrogen) atoms. The number of carbonyl (C=O) groups is 2. The largest absolute Gasteiger partial charge is 0.444 e. The Morgan fingerprint density at radius 2 is 1.52 bits per heavy atom. The summed E-state index contributed by atoms with van der Waals surface area (Å²) in [6, 6.07) is 15.0.